The summed E-state index contributed by atoms with van der Waals surface area (Å²) in [5.41, 5.74) is 0. The average molecular weight is 305 g/mol. The Bertz CT molecular complexity index is 427. The van der Waals surface area contributed by atoms with Crippen molar-refractivity contribution in [3.8, 4) is 5.75 Å². The van der Waals surface area contributed by atoms with Crippen LogP contribution in [0.2, 0.25) is 10.0 Å². The Morgan fingerprint density at radius 3 is 2.68 bits per heavy atom. The van der Waals surface area contributed by atoms with E-state index in [2.05, 4.69) is 10.6 Å². The number of rotatable bonds is 7. The maximum absolute atomic E-state index is 11.7. The van der Waals surface area contributed by atoms with Crippen LogP contribution in [0.1, 0.15) is 13.3 Å². The van der Waals surface area contributed by atoms with Crippen LogP contribution >= 0.6 is 23.2 Å². The van der Waals surface area contributed by atoms with Crippen molar-refractivity contribution in [2.75, 3.05) is 20.1 Å². The van der Waals surface area contributed by atoms with Crippen molar-refractivity contribution in [1.82, 2.24) is 10.6 Å². The van der Waals surface area contributed by atoms with Crippen molar-refractivity contribution in [2.24, 2.45) is 0 Å². The SMILES string of the molecule is CNCCCNC(=O)C(C)Oc1ccc(Cl)c(Cl)c1. The molecule has 0 aliphatic carbocycles. The van der Waals surface area contributed by atoms with E-state index in [0.29, 0.717) is 22.3 Å². The van der Waals surface area contributed by atoms with Crippen molar-refractivity contribution < 1.29 is 9.53 Å². The Labute approximate surface area is 123 Å². The second-order valence-electron chi connectivity index (χ2n) is 4.08. The van der Waals surface area contributed by atoms with Crippen molar-refractivity contribution in [1.29, 1.82) is 0 Å². The number of benzene rings is 1. The van der Waals surface area contributed by atoms with Gasteiger partial charge in [-0.15, -0.1) is 0 Å². The van der Waals surface area contributed by atoms with E-state index < -0.39 is 6.10 Å². The van der Waals surface area contributed by atoms with Gasteiger partial charge in [-0.1, -0.05) is 23.2 Å². The Morgan fingerprint density at radius 1 is 1.32 bits per heavy atom. The zero-order valence-electron chi connectivity index (χ0n) is 11.0. The van der Waals surface area contributed by atoms with Crippen LogP contribution in [0.25, 0.3) is 0 Å². The summed E-state index contributed by atoms with van der Waals surface area (Å²) in [7, 11) is 1.87. The van der Waals surface area contributed by atoms with E-state index in [1.165, 1.54) is 0 Å². The fourth-order valence-electron chi connectivity index (χ4n) is 1.43. The maximum Gasteiger partial charge on any atom is 0.260 e. The highest BCUT2D eigenvalue weighted by molar-refractivity contribution is 6.42. The van der Waals surface area contributed by atoms with E-state index in [1.54, 1.807) is 25.1 Å². The predicted octanol–water partition coefficient (Wildman–Crippen LogP) is 2.49. The number of halogens is 2. The van der Waals surface area contributed by atoms with E-state index in [0.717, 1.165) is 13.0 Å². The standard InChI is InChI=1S/C13H18Cl2N2O2/c1-9(13(18)17-7-3-6-16-2)19-10-4-5-11(14)12(15)8-10/h4-5,8-9,16H,3,6-7H2,1-2H3,(H,17,18). The molecule has 4 nitrogen and oxygen atoms in total. The van der Waals surface area contributed by atoms with Crippen LogP contribution < -0.4 is 15.4 Å². The van der Waals surface area contributed by atoms with Gasteiger partial charge in [0.15, 0.2) is 6.10 Å². The molecular weight excluding hydrogens is 287 g/mol. The Hall–Kier alpha value is -0.970. The van der Waals surface area contributed by atoms with Gasteiger partial charge in [-0.05, 0) is 39.1 Å². The summed E-state index contributed by atoms with van der Waals surface area (Å²) in [5, 5.41) is 6.67. The van der Waals surface area contributed by atoms with Gasteiger partial charge in [0.25, 0.3) is 5.91 Å². The number of hydrogen-bond donors (Lipinski definition) is 2. The zero-order chi connectivity index (χ0) is 14.3. The third-order valence-corrected chi connectivity index (χ3v) is 3.21. The highest BCUT2D eigenvalue weighted by Crippen LogP contribution is 2.26. The number of hydrogen-bond acceptors (Lipinski definition) is 3. The van der Waals surface area contributed by atoms with Gasteiger partial charge in [-0.2, -0.15) is 0 Å². The largest absolute Gasteiger partial charge is 0.481 e. The monoisotopic (exact) mass is 304 g/mol. The minimum Gasteiger partial charge on any atom is -0.481 e. The first kappa shape index (κ1) is 16.1. The highest BCUT2D eigenvalue weighted by Gasteiger charge is 2.14. The Kier molecular flexibility index (Phi) is 6.99. The van der Waals surface area contributed by atoms with Crippen LogP contribution in [-0.4, -0.2) is 32.1 Å². The van der Waals surface area contributed by atoms with Gasteiger partial charge in [0.05, 0.1) is 10.0 Å². The normalized spacial score (nSPS) is 12.0. The van der Waals surface area contributed by atoms with E-state index in [9.17, 15) is 4.79 Å². The molecule has 2 N–H and O–H groups in total. The minimum atomic E-state index is -0.577. The first-order valence-electron chi connectivity index (χ1n) is 6.08. The van der Waals surface area contributed by atoms with Crippen LogP contribution in [0.3, 0.4) is 0 Å². The molecular formula is C13H18Cl2N2O2. The molecule has 0 aliphatic rings. The van der Waals surface area contributed by atoms with Crippen LogP contribution in [0.4, 0.5) is 0 Å². The second-order valence-corrected chi connectivity index (χ2v) is 4.90. The molecule has 1 aromatic rings. The van der Waals surface area contributed by atoms with Crippen molar-refractivity contribution in [3.63, 3.8) is 0 Å². The average Bonchev–Trinajstić information content (AvgIpc) is 2.38. The molecule has 1 amide bonds. The third-order valence-electron chi connectivity index (χ3n) is 2.48. The maximum atomic E-state index is 11.7. The van der Waals surface area contributed by atoms with Gasteiger partial charge in [0.2, 0.25) is 0 Å². The molecule has 0 saturated heterocycles. The lowest BCUT2D eigenvalue weighted by Gasteiger charge is -2.15. The number of amides is 1. The molecule has 6 heteroatoms. The van der Waals surface area contributed by atoms with E-state index >= 15 is 0 Å². The summed E-state index contributed by atoms with van der Waals surface area (Å²) in [6.45, 7) is 3.17. The van der Waals surface area contributed by atoms with Crippen LogP contribution in [-0.2, 0) is 4.79 Å². The molecule has 0 aliphatic heterocycles. The molecule has 106 valence electrons. The summed E-state index contributed by atoms with van der Waals surface area (Å²) in [6.07, 6.45) is 0.300. The molecule has 1 aromatic carbocycles. The molecule has 1 rings (SSSR count). The summed E-state index contributed by atoms with van der Waals surface area (Å²) in [4.78, 5) is 11.7. The summed E-state index contributed by atoms with van der Waals surface area (Å²) in [6, 6.07) is 4.91. The number of ether oxygens (including phenoxy) is 1. The van der Waals surface area contributed by atoms with Crippen LogP contribution in [0.5, 0.6) is 5.75 Å². The Morgan fingerprint density at radius 2 is 2.05 bits per heavy atom. The first-order valence-corrected chi connectivity index (χ1v) is 6.84. The summed E-state index contributed by atoms with van der Waals surface area (Å²) < 4.78 is 5.50. The van der Waals surface area contributed by atoms with Crippen molar-refractivity contribution in [3.05, 3.63) is 28.2 Å². The molecule has 0 fully saturated rings. The van der Waals surface area contributed by atoms with Gasteiger partial charge in [0, 0.05) is 12.6 Å². The second kappa shape index (κ2) is 8.25. The Balaban J connectivity index is 2.42. The van der Waals surface area contributed by atoms with E-state index in [-0.39, 0.29) is 5.91 Å². The van der Waals surface area contributed by atoms with Crippen LogP contribution in [0.15, 0.2) is 18.2 Å². The fraction of sp³-hybridized carbons (Fsp3) is 0.462. The minimum absolute atomic E-state index is 0.151. The molecule has 19 heavy (non-hydrogen) atoms. The topological polar surface area (TPSA) is 50.4 Å². The first-order chi connectivity index (χ1) is 9.04. The quantitative estimate of drug-likeness (QED) is 0.761. The molecule has 0 bridgehead atoms. The van der Waals surface area contributed by atoms with Crippen molar-refractivity contribution in [2.45, 2.75) is 19.4 Å². The number of carbonyl (C=O) groups is 1. The molecule has 1 unspecified atom stereocenters. The number of nitrogens with one attached hydrogen (secondary N) is 2. The lowest BCUT2D eigenvalue weighted by atomic mass is 10.3. The van der Waals surface area contributed by atoms with Gasteiger partial charge in [-0.25, -0.2) is 0 Å². The highest BCUT2D eigenvalue weighted by atomic mass is 35.5. The van der Waals surface area contributed by atoms with Crippen LogP contribution in [0, 0.1) is 0 Å². The summed E-state index contributed by atoms with van der Waals surface area (Å²) in [5.74, 6) is 0.370. The molecule has 0 saturated carbocycles. The van der Waals surface area contributed by atoms with Crippen molar-refractivity contribution >= 4 is 29.1 Å². The van der Waals surface area contributed by atoms with Gasteiger partial charge < -0.3 is 15.4 Å². The third kappa shape index (κ3) is 5.68. The summed E-state index contributed by atoms with van der Waals surface area (Å²) >= 11 is 11.7. The predicted molar refractivity (Wildman–Crippen MR) is 78.1 cm³/mol. The van der Waals surface area contributed by atoms with E-state index in [1.807, 2.05) is 7.05 Å². The van der Waals surface area contributed by atoms with Gasteiger partial charge >= 0.3 is 0 Å². The zero-order valence-corrected chi connectivity index (χ0v) is 12.5. The lowest BCUT2D eigenvalue weighted by molar-refractivity contribution is -0.127. The van der Waals surface area contributed by atoms with Gasteiger partial charge in [0.1, 0.15) is 5.75 Å². The lowest BCUT2D eigenvalue weighted by Crippen LogP contribution is -2.37. The smallest absolute Gasteiger partial charge is 0.260 e. The van der Waals surface area contributed by atoms with E-state index in [4.69, 9.17) is 27.9 Å². The molecule has 0 heterocycles. The molecule has 0 spiro atoms. The molecule has 0 radical (unpaired) electrons. The molecule has 1 atom stereocenters. The fourth-order valence-corrected chi connectivity index (χ4v) is 1.72. The van der Waals surface area contributed by atoms with Gasteiger partial charge in [-0.3, -0.25) is 4.79 Å². The number of carbonyl (C=O) groups excluding carboxylic acids is 1. The molecule has 0 aromatic heterocycles.